The third-order valence-corrected chi connectivity index (χ3v) is 10.5. The van der Waals surface area contributed by atoms with E-state index < -0.39 is 28.9 Å². The average Bonchev–Trinajstić information content (AvgIpc) is 3.51. The third kappa shape index (κ3) is 5.07. The maximum atomic E-state index is 14.0. The van der Waals surface area contributed by atoms with Crippen LogP contribution in [0.1, 0.15) is 16.4 Å². The van der Waals surface area contributed by atoms with Crippen molar-refractivity contribution < 1.29 is 19.1 Å². The van der Waals surface area contributed by atoms with Gasteiger partial charge in [0, 0.05) is 37.5 Å². The SMILES string of the molecule is O=C(COc1ccc(Cl)cc1C1c2sc(=O)[nH]c2SC2C(=O)N(c3ccc(Cl)cc3)C(=O)C21)Nc1cccc2ccccc12. The minimum Gasteiger partial charge on any atom is -0.483 e. The second-order valence-electron chi connectivity index (χ2n) is 10.3. The highest BCUT2D eigenvalue weighted by Gasteiger charge is 2.56. The van der Waals surface area contributed by atoms with Crippen molar-refractivity contribution in [2.24, 2.45) is 5.92 Å². The summed E-state index contributed by atoms with van der Waals surface area (Å²) in [5, 5.41) is 5.35. The van der Waals surface area contributed by atoms with Crippen LogP contribution < -0.4 is 19.8 Å². The van der Waals surface area contributed by atoms with Crippen molar-refractivity contribution in [3.63, 3.8) is 0 Å². The minimum absolute atomic E-state index is 0.305. The highest BCUT2D eigenvalue weighted by molar-refractivity contribution is 8.00. The zero-order valence-corrected chi connectivity index (χ0v) is 25.7. The molecule has 44 heavy (non-hydrogen) atoms. The van der Waals surface area contributed by atoms with E-state index in [-0.39, 0.29) is 17.4 Å². The Hall–Kier alpha value is -4.09. The number of fused-ring (bicyclic) bond motifs is 3. The first kappa shape index (κ1) is 28.7. The summed E-state index contributed by atoms with van der Waals surface area (Å²) in [5.74, 6) is -2.46. The Balaban J connectivity index is 1.23. The van der Waals surface area contributed by atoms with Crippen LogP contribution in [0.2, 0.25) is 10.0 Å². The Labute approximate surface area is 268 Å². The summed E-state index contributed by atoms with van der Waals surface area (Å²) in [6.45, 7) is -0.326. The first-order valence-corrected chi connectivity index (χ1v) is 16.0. The van der Waals surface area contributed by atoms with Gasteiger partial charge in [0.2, 0.25) is 11.8 Å². The van der Waals surface area contributed by atoms with Crippen LogP contribution in [0.3, 0.4) is 0 Å². The van der Waals surface area contributed by atoms with E-state index in [2.05, 4.69) is 10.3 Å². The van der Waals surface area contributed by atoms with E-state index in [0.29, 0.717) is 42.6 Å². The second-order valence-corrected chi connectivity index (χ2v) is 13.3. The Kier molecular flexibility index (Phi) is 7.45. The summed E-state index contributed by atoms with van der Waals surface area (Å²) < 4.78 is 6.06. The lowest BCUT2D eigenvalue weighted by atomic mass is 9.82. The van der Waals surface area contributed by atoms with Crippen LogP contribution in [-0.4, -0.2) is 34.6 Å². The monoisotopic (exact) mass is 661 g/mol. The van der Waals surface area contributed by atoms with Gasteiger partial charge in [0.1, 0.15) is 11.0 Å². The summed E-state index contributed by atoms with van der Waals surface area (Å²) in [6.07, 6.45) is 0. The number of ether oxygens (including phenoxy) is 1. The molecule has 5 aromatic rings. The predicted molar refractivity (Wildman–Crippen MR) is 173 cm³/mol. The Morgan fingerprint density at radius 1 is 0.909 bits per heavy atom. The molecule has 4 aromatic carbocycles. The van der Waals surface area contributed by atoms with Gasteiger partial charge in [-0.2, -0.15) is 0 Å². The van der Waals surface area contributed by atoms with Gasteiger partial charge in [-0.1, -0.05) is 82.7 Å². The fourth-order valence-electron chi connectivity index (χ4n) is 5.75. The molecule has 12 heteroatoms. The molecule has 0 aliphatic carbocycles. The number of H-pyrrole nitrogens is 1. The van der Waals surface area contributed by atoms with Gasteiger partial charge in [-0.25, -0.2) is 4.90 Å². The van der Waals surface area contributed by atoms with Crippen LogP contribution >= 0.6 is 46.3 Å². The average molecular weight is 663 g/mol. The predicted octanol–water partition coefficient (Wildman–Crippen LogP) is 6.71. The summed E-state index contributed by atoms with van der Waals surface area (Å²) >= 11 is 14.7. The zero-order chi connectivity index (χ0) is 30.5. The van der Waals surface area contributed by atoms with Crippen LogP contribution in [0, 0.1) is 5.92 Å². The molecule has 0 spiro atoms. The van der Waals surface area contributed by atoms with Crippen molar-refractivity contribution in [3.8, 4) is 5.75 Å². The van der Waals surface area contributed by atoms with Crippen molar-refractivity contribution in [2.75, 3.05) is 16.8 Å². The van der Waals surface area contributed by atoms with Gasteiger partial charge in [-0.15, -0.1) is 0 Å². The highest BCUT2D eigenvalue weighted by Crippen LogP contribution is 2.54. The van der Waals surface area contributed by atoms with Crippen molar-refractivity contribution in [1.29, 1.82) is 0 Å². The number of halogens is 2. The van der Waals surface area contributed by atoms with Gasteiger partial charge in [-0.3, -0.25) is 19.2 Å². The maximum Gasteiger partial charge on any atom is 0.305 e. The Bertz CT molecular complexity index is 2020. The maximum absolute atomic E-state index is 14.0. The van der Waals surface area contributed by atoms with Gasteiger partial charge in [0.15, 0.2) is 6.61 Å². The number of carbonyl (C=O) groups excluding carboxylic acids is 3. The number of imide groups is 1. The fraction of sp³-hybridized carbons (Fsp3) is 0.125. The number of aromatic amines is 1. The number of carbonyl (C=O) groups is 3. The quantitative estimate of drug-likeness (QED) is 0.196. The standard InChI is InChI=1S/C32H21Cl2N3O5S2/c33-17-8-11-19(12-9-17)37-30(39)26-25(27-29(36-32(41)44-27)43-28(26)31(37)40)21-14-18(34)10-13-23(21)42-15-24(38)35-22-7-3-5-16-4-1-2-6-20(16)22/h1-14,25-26,28H,15H2,(H,35,38)(H,36,41). The van der Waals surface area contributed by atoms with E-state index >= 15 is 0 Å². The Morgan fingerprint density at radius 2 is 1.66 bits per heavy atom. The molecule has 3 heterocycles. The lowest BCUT2D eigenvalue weighted by Crippen LogP contribution is -2.32. The van der Waals surface area contributed by atoms with Gasteiger partial charge < -0.3 is 15.0 Å². The summed E-state index contributed by atoms with van der Waals surface area (Å²) in [7, 11) is 0. The first-order valence-electron chi connectivity index (χ1n) is 13.5. The first-order chi connectivity index (χ1) is 21.3. The molecule has 2 aliphatic heterocycles. The number of hydrogen-bond donors (Lipinski definition) is 2. The molecular formula is C32H21Cl2N3O5S2. The third-order valence-electron chi connectivity index (χ3n) is 7.64. The number of rotatable bonds is 6. The molecule has 0 bridgehead atoms. The smallest absolute Gasteiger partial charge is 0.305 e. The number of benzene rings is 4. The van der Waals surface area contributed by atoms with Crippen molar-refractivity contribution in [3.05, 3.63) is 115 Å². The number of nitrogens with one attached hydrogen (secondary N) is 2. The molecule has 220 valence electrons. The molecule has 1 saturated heterocycles. The number of aromatic nitrogens is 1. The molecule has 1 fully saturated rings. The second kappa shape index (κ2) is 11.4. The number of thioether (sulfide) groups is 1. The van der Waals surface area contributed by atoms with E-state index in [0.717, 1.165) is 22.1 Å². The van der Waals surface area contributed by atoms with Gasteiger partial charge >= 0.3 is 4.87 Å². The summed E-state index contributed by atoms with van der Waals surface area (Å²) in [4.78, 5) is 57.6. The van der Waals surface area contributed by atoms with Crippen molar-refractivity contribution in [1.82, 2.24) is 4.98 Å². The van der Waals surface area contributed by atoms with E-state index in [4.69, 9.17) is 27.9 Å². The van der Waals surface area contributed by atoms with Crippen LogP contribution in [0.5, 0.6) is 5.75 Å². The van der Waals surface area contributed by atoms with E-state index in [9.17, 15) is 19.2 Å². The minimum atomic E-state index is -0.854. The normalized spacial score (nSPS) is 19.1. The lowest BCUT2D eigenvalue weighted by Gasteiger charge is -2.31. The number of nitrogens with zero attached hydrogens (tertiary/aromatic N) is 1. The molecule has 1 aromatic heterocycles. The number of thiazole rings is 1. The van der Waals surface area contributed by atoms with Crippen LogP contribution in [-0.2, 0) is 14.4 Å². The zero-order valence-electron chi connectivity index (χ0n) is 22.6. The number of amides is 3. The van der Waals surface area contributed by atoms with Gasteiger partial charge in [-0.05, 0) is 53.9 Å². The molecule has 7 rings (SSSR count). The van der Waals surface area contributed by atoms with Crippen molar-refractivity contribution in [2.45, 2.75) is 16.2 Å². The largest absolute Gasteiger partial charge is 0.483 e. The molecule has 8 nitrogen and oxygen atoms in total. The topological polar surface area (TPSA) is 109 Å². The molecule has 3 amide bonds. The molecule has 3 atom stereocenters. The van der Waals surface area contributed by atoms with Gasteiger partial charge in [0.25, 0.3) is 5.91 Å². The summed E-state index contributed by atoms with van der Waals surface area (Å²) in [5.41, 5.74) is 1.56. The molecule has 2 aliphatic rings. The molecule has 2 N–H and O–H groups in total. The lowest BCUT2D eigenvalue weighted by molar-refractivity contribution is -0.122. The Morgan fingerprint density at radius 3 is 2.48 bits per heavy atom. The molecule has 0 saturated carbocycles. The highest BCUT2D eigenvalue weighted by atomic mass is 35.5. The molecule has 3 unspecified atom stereocenters. The van der Waals surface area contributed by atoms with Gasteiger partial charge in [0.05, 0.1) is 16.6 Å². The fourth-order valence-corrected chi connectivity index (χ4v) is 8.57. The van der Waals surface area contributed by atoms with E-state index in [1.54, 1.807) is 42.5 Å². The number of hydrogen-bond acceptors (Lipinski definition) is 7. The van der Waals surface area contributed by atoms with Crippen LogP contribution in [0.15, 0.2) is 94.7 Å². The van der Waals surface area contributed by atoms with E-state index in [1.165, 1.54) is 16.7 Å². The number of anilines is 2. The molecule has 0 radical (unpaired) electrons. The van der Waals surface area contributed by atoms with Crippen LogP contribution in [0.4, 0.5) is 11.4 Å². The summed E-state index contributed by atoms with van der Waals surface area (Å²) in [6, 6.07) is 24.7. The van der Waals surface area contributed by atoms with Crippen LogP contribution in [0.25, 0.3) is 10.8 Å². The van der Waals surface area contributed by atoms with E-state index in [1.807, 2.05) is 42.5 Å². The van der Waals surface area contributed by atoms with Crippen molar-refractivity contribution >= 4 is 86.2 Å². The molecular weight excluding hydrogens is 641 g/mol.